The van der Waals surface area contributed by atoms with Crippen molar-refractivity contribution in [3.63, 3.8) is 0 Å². The number of fused-ring (bicyclic) bond motifs is 1. The highest BCUT2D eigenvalue weighted by Gasteiger charge is 2.14. The average molecular weight is 1000 g/mol. The molecule has 7 rings (SSSR count). The molecule has 0 aliphatic rings. The molecule has 0 unspecified atom stereocenters. The summed E-state index contributed by atoms with van der Waals surface area (Å²) in [6.07, 6.45) is 15.6. The van der Waals surface area contributed by atoms with Gasteiger partial charge in [0.1, 0.15) is 39.0 Å². The van der Waals surface area contributed by atoms with Crippen LogP contribution in [-0.4, -0.2) is 43.7 Å². The summed E-state index contributed by atoms with van der Waals surface area (Å²) >= 11 is 0. The van der Waals surface area contributed by atoms with Crippen molar-refractivity contribution in [3.05, 3.63) is 186 Å². The Bertz CT molecular complexity index is 3020. The van der Waals surface area contributed by atoms with Gasteiger partial charge in [0.25, 0.3) is 17.7 Å². The summed E-state index contributed by atoms with van der Waals surface area (Å²) in [6, 6.07) is 38.7. The topological polar surface area (TPSA) is 209 Å². The minimum Gasteiger partial charge on any atom is -0.744 e. The Labute approximate surface area is 417 Å². The lowest BCUT2D eigenvalue weighted by Gasteiger charge is -2.09. The van der Waals surface area contributed by atoms with Gasteiger partial charge in [0.05, 0.1) is 9.79 Å². The summed E-state index contributed by atoms with van der Waals surface area (Å²) < 4.78 is 66.7. The van der Waals surface area contributed by atoms with Gasteiger partial charge in [0.15, 0.2) is 18.6 Å². The maximum atomic E-state index is 13.0. The number of rotatable bonds is 18. The summed E-state index contributed by atoms with van der Waals surface area (Å²) in [5.41, 5.74) is 6.35. The quantitative estimate of drug-likeness (QED) is 0.0424. The third-order valence-corrected chi connectivity index (χ3v) is 12.9. The standard InChI is InChI=1S/C41H45N5O3.2C7H8O3S/c1-3-5-7-9-25-45-26-12-14-37(30-45)44-41(49)33-19-21-35(22-20-33)42-39(47)31-15-17-32(18-16-31)40(48)43-36-23-24-38-34(29-36)13-11-28-46(38)27-10-8-6-4-2;2*1-6-2-4-7(5-3-6)11(8,9)10/h11-24,26,28-30H,3-10,25,27H2,1-2H3,(H-2,42,43,44,47,48,49);2*2-5H,1H3,(H,8,9,10). The van der Waals surface area contributed by atoms with Crippen molar-refractivity contribution in [2.45, 2.75) is 102 Å². The van der Waals surface area contributed by atoms with Gasteiger partial charge in [-0.25, -0.2) is 21.4 Å². The van der Waals surface area contributed by atoms with E-state index in [4.69, 9.17) is 0 Å². The molecule has 2 aromatic heterocycles. The molecule has 16 heteroatoms. The van der Waals surface area contributed by atoms with E-state index in [-0.39, 0.29) is 27.5 Å². The number of pyridine rings is 2. The number of aromatic nitrogens is 2. The number of carbonyl (C=O) groups excluding carboxylic acids is 3. The molecule has 0 fully saturated rings. The fourth-order valence-corrected chi connectivity index (χ4v) is 8.15. The summed E-state index contributed by atoms with van der Waals surface area (Å²) in [5.74, 6) is -0.782. The summed E-state index contributed by atoms with van der Waals surface area (Å²) in [6.45, 7) is 9.94. The van der Waals surface area contributed by atoms with E-state index >= 15 is 0 Å². The lowest BCUT2D eigenvalue weighted by atomic mass is 10.1. The predicted octanol–water partition coefficient (Wildman–Crippen LogP) is 10.1. The van der Waals surface area contributed by atoms with E-state index in [9.17, 15) is 40.3 Å². The maximum Gasteiger partial charge on any atom is 0.255 e. The number of hydrogen-bond acceptors (Lipinski definition) is 9. The second kappa shape index (κ2) is 26.8. The predicted molar refractivity (Wildman–Crippen MR) is 274 cm³/mol. The maximum absolute atomic E-state index is 13.0. The number of aryl methyl sites for hydroxylation is 4. The fraction of sp³-hybridized carbons (Fsp3) is 0.255. The zero-order chi connectivity index (χ0) is 51.4. The third kappa shape index (κ3) is 18.0. The van der Waals surface area contributed by atoms with Crippen LogP contribution < -0.4 is 25.1 Å². The lowest BCUT2D eigenvalue weighted by Crippen LogP contribution is -2.34. The van der Waals surface area contributed by atoms with Crippen molar-refractivity contribution in [2.24, 2.45) is 0 Å². The molecule has 5 aromatic carbocycles. The first-order chi connectivity index (χ1) is 33.9. The summed E-state index contributed by atoms with van der Waals surface area (Å²) in [5, 5.41) is 9.86. The molecule has 0 bridgehead atoms. The number of benzene rings is 5. The van der Waals surface area contributed by atoms with E-state index in [0.717, 1.165) is 53.6 Å². The van der Waals surface area contributed by atoms with Crippen LogP contribution in [0.2, 0.25) is 0 Å². The van der Waals surface area contributed by atoms with Crippen molar-refractivity contribution in [2.75, 3.05) is 16.0 Å². The first-order valence-electron chi connectivity index (χ1n) is 23.5. The van der Waals surface area contributed by atoms with E-state index in [0.29, 0.717) is 28.1 Å². The van der Waals surface area contributed by atoms with Crippen molar-refractivity contribution in [3.8, 4) is 0 Å². The zero-order valence-corrected chi connectivity index (χ0v) is 42.1. The molecule has 71 heavy (non-hydrogen) atoms. The Balaban J connectivity index is 0.000000347. The molecule has 0 radical (unpaired) electrons. The highest BCUT2D eigenvalue weighted by Crippen LogP contribution is 2.19. The van der Waals surface area contributed by atoms with Crippen LogP contribution in [0.25, 0.3) is 10.9 Å². The minimum atomic E-state index is -4.27. The van der Waals surface area contributed by atoms with Gasteiger partial charge in [-0.2, -0.15) is 4.57 Å². The van der Waals surface area contributed by atoms with Crippen molar-refractivity contribution < 1.29 is 49.5 Å². The molecule has 0 saturated heterocycles. The lowest BCUT2D eigenvalue weighted by molar-refractivity contribution is -0.696. The first kappa shape index (κ1) is 54.8. The van der Waals surface area contributed by atoms with Gasteiger partial charge in [-0.15, -0.1) is 0 Å². The number of carbonyl (C=O) groups is 3. The SMILES string of the molecule is CCCCCC[n+]1cccc(NC(=O)c2ccc(NC(=O)c3ccc(C(=O)Nc4ccc5c(ccc[n+]5CCCCCC)c4)cc3)cc2)c1.Cc1ccc(S(=O)(=O)[O-])cc1.Cc1ccc(S(=O)(=O)[O-])cc1. The highest BCUT2D eigenvalue weighted by atomic mass is 32.2. The van der Waals surface area contributed by atoms with E-state index in [2.05, 4.69) is 51.2 Å². The molecule has 0 saturated carbocycles. The van der Waals surface area contributed by atoms with Crippen molar-refractivity contribution in [1.29, 1.82) is 0 Å². The van der Waals surface area contributed by atoms with Crippen LogP contribution in [0, 0.1) is 13.8 Å². The molecule has 14 nitrogen and oxygen atoms in total. The van der Waals surface area contributed by atoms with Crippen LogP contribution in [0.5, 0.6) is 0 Å². The van der Waals surface area contributed by atoms with Gasteiger partial charge in [0, 0.05) is 64.5 Å². The molecule has 0 aliphatic heterocycles. The zero-order valence-electron chi connectivity index (χ0n) is 40.5. The highest BCUT2D eigenvalue weighted by molar-refractivity contribution is 7.86. The number of nitrogens with one attached hydrogen (secondary N) is 3. The average Bonchev–Trinajstić information content (AvgIpc) is 3.34. The van der Waals surface area contributed by atoms with Crippen molar-refractivity contribution in [1.82, 2.24) is 0 Å². The molecule has 7 aromatic rings. The summed E-state index contributed by atoms with van der Waals surface area (Å²) in [4.78, 5) is 38.5. The Morgan fingerprint density at radius 1 is 0.479 bits per heavy atom. The van der Waals surface area contributed by atoms with E-state index in [1.807, 2.05) is 62.6 Å². The number of unbranched alkanes of at least 4 members (excludes halogenated alkanes) is 6. The minimum absolute atomic E-state index is 0.178. The second-order valence-electron chi connectivity index (χ2n) is 17.0. The molecule has 3 amide bonds. The number of anilines is 3. The Morgan fingerprint density at radius 2 is 0.915 bits per heavy atom. The number of hydrogen-bond donors (Lipinski definition) is 3. The molecule has 3 N–H and O–H groups in total. The van der Waals surface area contributed by atoms with E-state index in [1.54, 1.807) is 72.8 Å². The normalized spacial score (nSPS) is 11.1. The van der Waals surface area contributed by atoms with Crippen LogP contribution in [0.3, 0.4) is 0 Å². The molecular formula is C55H61N5O9S2. The molecule has 372 valence electrons. The Hall–Kier alpha value is -7.11. The van der Waals surface area contributed by atoms with Crippen molar-refractivity contribution >= 4 is 65.9 Å². The smallest absolute Gasteiger partial charge is 0.255 e. The molecule has 2 heterocycles. The van der Waals surface area contributed by atoms with Gasteiger partial charge in [-0.1, -0.05) is 74.9 Å². The molecule has 0 aliphatic carbocycles. The fourth-order valence-electron chi connectivity index (χ4n) is 7.22. The summed E-state index contributed by atoms with van der Waals surface area (Å²) in [7, 11) is -8.54. The van der Waals surface area contributed by atoms with Crippen LogP contribution in [0.15, 0.2) is 168 Å². The van der Waals surface area contributed by atoms with Gasteiger partial charge < -0.3 is 25.1 Å². The molecule has 0 spiro atoms. The van der Waals surface area contributed by atoms with Gasteiger partial charge >= 0.3 is 0 Å². The largest absolute Gasteiger partial charge is 0.744 e. The van der Waals surface area contributed by atoms with Crippen LogP contribution in [0.4, 0.5) is 17.1 Å². The molecule has 0 atom stereocenters. The Morgan fingerprint density at radius 3 is 1.41 bits per heavy atom. The second-order valence-corrected chi connectivity index (χ2v) is 19.7. The van der Waals surface area contributed by atoms with Gasteiger partial charge in [-0.05, 0) is 124 Å². The van der Waals surface area contributed by atoms with Crippen LogP contribution in [0.1, 0.15) is 107 Å². The third-order valence-electron chi connectivity index (χ3n) is 11.2. The van der Waals surface area contributed by atoms with Gasteiger partial charge in [0.2, 0.25) is 5.52 Å². The first-order valence-corrected chi connectivity index (χ1v) is 26.4. The van der Waals surface area contributed by atoms with Gasteiger partial charge in [-0.3, -0.25) is 14.4 Å². The monoisotopic (exact) mass is 999 g/mol. The van der Waals surface area contributed by atoms with Crippen LogP contribution in [-0.2, 0) is 33.3 Å². The van der Waals surface area contributed by atoms with E-state index < -0.39 is 20.2 Å². The van der Waals surface area contributed by atoms with E-state index in [1.165, 1.54) is 62.8 Å². The number of nitrogens with zero attached hydrogens (tertiary/aromatic N) is 2. The molecular weight excluding hydrogens is 939 g/mol. The van der Waals surface area contributed by atoms with Crippen LogP contribution >= 0.6 is 0 Å². The number of amides is 3. The Kier molecular flexibility index (Phi) is 20.7.